The van der Waals surface area contributed by atoms with Crippen molar-refractivity contribution in [3.63, 3.8) is 0 Å². The van der Waals surface area contributed by atoms with Crippen LogP contribution in [-0.2, 0) is 20.7 Å². The fourth-order valence-electron chi connectivity index (χ4n) is 6.34. The number of nitrogens with zero attached hydrogens (tertiary/aromatic N) is 2. The number of guanidine groups is 1. The zero-order valence-corrected chi connectivity index (χ0v) is 25.9. The van der Waals surface area contributed by atoms with Crippen LogP contribution >= 0.6 is 0 Å². The second kappa shape index (κ2) is 12.7. The molecule has 15 heteroatoms. The number of rotatable bonds is 11. The summed E-state index contributed by atoms with van der Waals surface area (Å²) in [5, 5.41) is 34.0. The molecule has 15 nitrogen and oxygen atoms in total. The Morgan fingerprint density at radius 3 is 2.91 bits per heavy atom. The number of carbonyl (C=O) groups is 2. The number of amides is 1. The minimum absolute atomic E-state index is 0.0130. The number of esters is 1. The summed E-state index contributed by atoms with van der Waals surface area (Å²) in [6.45, 7) is 4.41. The van der Waals surface area contributed by atoms with E-state index in [4.69, 9.17) is 24.4 Å². The van der Waals surface area contributed by atoms with Crippen molar-refractivity contribution < 1.29 is 48.5 Å². The highest BCUT2D eigenvalue weighted by molar-refractivity contribution is 6.68. The molecule has 5 aliphatic rings. The fraction of sp³-hybridized carbons (Fsp3) is 0.452. The second-order valence-electron chi connectivity index (χ2n) is 11.8. The molecule has 5 heterocycles. The van der Waals surface area contributed by atoms with Gasteiger partial charge in [0.25, 0.3) is 11.7 Å². The Hall–Kier alpha value is -4.57. The lowest BCUT2D eigenvalue weighted by Crippen LogP contribution is -3.36. The van der Waals surface area contributed by atoms with E-state index < -0.39 is 23.6 Å². The van der Waals surface area contributed by atoms with Crippen LogP contribution in [0.25, 0.3) is 5.57 Å². The number of unbranched alkanes of at least 4 members (excludes halogenated alkanes) is 1. The Kier molecular flexibility index (Phi) is 8.65. The topological polar surface area (TPSA) is 193 Å². The van der Waals surface area contributed by atoms with Crippen molar-refractivity contribution in [1.82, 2.24) is 10.6 Å². The van der Waals surface area contributed by atoms with Gasteiger partial charge in [0.05, 0.1) is 31.1 Å². The zero-order valence-electron chi connectivity index (χ0n) is 25.9. The van der Waals surface area contributed by atoms with E-state index in [2.05, 4.69) is 20.6 Å². The van der Waals surface area contributed by atoms with Crippen LogP contribution < -0.4 is 34.6 Å². The zero-order chi connectivity index (χ0) is 32.6. The first-order chi connectivity index (χ1) is 22.1. The average Bonchev–Trinajstić information content (AvgIpc) is 3.77. The van der Waals surface area contributed by atoms with Gasteiger partial charge in [-0.25, -0.2) is 14.7 Å². The maximum Gasteiger partial charge on any atom is 0.374 e. The van der Waals surface area contributed by atoms with Gasteiger partial charge in [0, 0.05) is 24.7 Å². The van der Waals surface area contributed by atoms with Crippen molar-refractivity contribution >= 4 is 35.0 Å². The van der Waals surface area contributed by atoms with Crippen molar-refractivity contribution in [2.45, 2.75) is 57.5 Å². The van der Waals surface area contributed by atoms with Crippen molar-refractivity contribution in [1.29, 1.82) is 5.41 Å². The molecule has 6 rings (SSSR count). The Labute approximate surface area is 265 Å². The van der Waals surface area contributed by atoms with Crippen LogP contribution in [0.1, 0.15) is 44.2 Å². The minimum atomic E-state index is -1.15. The molecule has 5 unspecified atom stereocenters. The molecule has 0 bridgehead atoms. The molecule has 0 aromatic heterocycles. The lowest BCUT2D eigenvalue weighted by molar-refractivity contribution is -1.05. The van der Waals surface area contributed by atoms with Gasteiger partial charge in [0.1, 0.15) is 36.1 Å². The third kappa shape index (κ3) is 5.77. The molecule has 0 saturated heterocycles. The Balaban J connectivity index is 1.31. The highest BCUT2D eigenvalue weighted by Crippen LogP contribution is 2.50. The second-order valence-corrected chi connectivity index (χ2v) is 11.8. The van der Waals surface area contributed by atoms with Gasteiger partial charge in [0.2, 0.25) is 17.4 Å². The van der Waals surface area contributed by atoms with Gasteiger partial charge in [-0.3, -0.25) is 20.8 Å². The number of methoxy groups -OCH3 is 1. The first-order valence-electron chi connectivity index (χ1n) is 15.3. The lowest BCUT2D eigenvalue weighted by atomic mass is 9.88. The summed E-state index contributed by atoms with van der Waals surface area (Å²) in [7, 11) is 1.56. The first-order valence-corrected chi connectivity index (χ1v) is 15.3. The highest BCUT2D eigenvalue weighted by atomic mass is 16.6. The number of hydrogen-bond donors (Lipinski definition) is 7. The van der Waals surface area contributed by atoms with Crippen LogP contribution in [0.3, 0.4) is 0 Å². The van der Waals surface area contributed by atoms with Crippen molar-refractivity contribution in [2.75, 3.05) is 33.5 Å². The summed E-state index contributed by atoms with van der Waals surface area (Å²) in [5.41, 5.74) is 1.19. The summed E-state index contributed by atoms with van der Waals surface area (Å²) in [5.74, 6) is 0.546. The van der Waals surface area contributed by atoms with Crippen molar-refractivity contribution in [3.8, 4) is 17.2 Å². The van der Waals surface area contributed by atoms with Crippen LogP contribution in [0.5, 0.6) is 17.2 Å². The molecular weight excluding hydrogens is 598 g/mol. The quantitative estimate of drug-likeness (QED) is 0.108. The first kappa shape index (κ1) is 31.4. The molecule has 1 amide bonds. The molecule has 244 valence electrons. The molecule has 1 aromatic rings. The van der Waals surface area contributed by atoms with Crippen LogP contribution in [0, 0.1) is 5.41 Å². The fourth-order valence-corrected chi connectivity index (χ4v) is 6.34. The van der Waals surface area contributed by atoms with E-state index >= 15 is 0 Å². The standard InChI is InChI=1S/C31H37N7O8/c1-4-44-28(41)21-13-17(7-10-37-11-9-33-30(37)38-16-34-24-26(38)35-29(32)36-27(24)40)23-20(45-21)15-19-18(25(23)43-3)14-22(46-19)31(2,42)8-5-6-12-39/h7,9,11,13,15,22,30,33,39,42H,4-6,8,10,12,14,16H2,1-3H3,(H2,32,36,40)/p+2. The van der Waals surface area contributed by atoms with Crippen LogP contribution in [-0.4, -0.2) is 91.1 Å². The summed E-state index contributed by atoms with van der Waals surface area (Å²) in [6.07, 6.45) is 8.65. The maximum absolute atomic E-state index is 12.9. The molecule has 1 aromatic carbocycles. The summed E-state index contributed by atoms with van der Waals surface area (Å²) in [6, 6.07) is 1.72. The Bertz CT molecular complexity index is 1610. The van der Waals surface area contributed by atoms with Crippen LogP contribution in [0.4, 0.5) is 0 Å². The number of fused-ring (bicyclic) bond motifs is 3. The monoisotopic (exact) mass is 637 g/mol. The van der Waals surface area contributed by atoms with Gasteiger partial charge in [-0.05, 0) is 50.8 Å². The number of aliphatic imine (C=N–C) groups is 2. The van der Waals surface area contributed by atoms with Gasteiger partial charge < -0.3 is 29.2 Å². The number of nitrogens with one attached hydrogen (secondary N) is 5. The van der Waals surface area contributed by atoms with Gasteiger partial charge in [-0.15, -0.1) is 0 Å². The Morgan fingerprint density at radius 2 is 2.15 bits per heavy atom. The lowest BCUT2D eigenvalue weighted by Gasteiger charge is -2.29. The largest absolute Gasteiger partial charge is 0.496 e. The van der Waals surface area contributed by atoms with E-state index in [9.17, 15) is 19.8 Å². The van der Waals surface area contributed by atoms with Crippen molar-refractivity contribution in [2.24, 2.45) is 9.98 Å². The summed E-state index contributed by atoms with van der Waals surface area (Å²) >= 11 is 0. The van der Waals surface area contributed by atoms with Crippen LogP contribution in [0.15, 0.2) is 46.4 Å². The smallest absolute Gasteiger partial charge is 0.374 e. The molecule has 5 atom stereocenters. The van der Waals surface area contributed by atoms with Gasteiger partial charge in [0.15, 0.2) is 6.67 Å². The molecule has 0 aliphatic carbocycles. The molecular formula is C31H39N7O8+2. The molecule has 46 heavy (non-hydrogen) atoms. The summed E-state index contributed by atoms with van der Waals surface area (Å²) < 4.78 is 23.5. The third-order valence-electron chi connectivity index (χ3n) is 8.67. The van der Waals surface area contributed by atoms with E-state index in [0.29, 0.717) is 66.4 Å². The summed E-state index contributed by atoms with van der Waals surface area (Å²) in [4.78, 5) is 35.6. The highest BCUT2D eigenvalue weighted by Gasteiger charge is 2.46. The predicted octanol–water partition coefficient (Wildman–Crippen LogP) is -1.86. The molecule has 0 saturated carbocycles. The van der Waals surface area contributed by atoms with Crippen LogP contribution in [0.2, 0.25) is 0 Å². The Morgan fingerprint density at radius 1 is 1.33 bits per heavy atom. The number of quaternary nitrogens is 2. The SMILES string of the molecule is CCOC(=O)C1=CC(=CC[NH+]2C=CNC2[NH+]2CN=C3C(=O)NC(=N)N=C32)c2c(cc3c(c2OC)CC(C(C)(O)CCCCO)O3)O1. The molecule has 5 aliphatic heterocycles. The molecule has 0 radical (unpaired) electrons. The van der Waals surface area contributed by atoms with Crippen molar-refractivity contribution in [3.05, 3.63) is 47.5 Å². The number of allylic oxidation sites excluding steroid dienone is 2. The number of carbonyl (C=O) groups excluding carboxylic acids is 2. The number of benzene rings is 1. The number of amidine groups is 1. The van der Waals surface area contributed by atoms with E-state index in [0.717, 1.165) is 15.4 Å². The van der Waals surface area contributed by atoms with Gasteiger partial charge >= 0.3 is 12.3 Å². The van der Waals surface area contributed by atoms with E-state index in [1.165, 1.54) is 0 Å². The predicted molar refractivity (Wildman–Crippen MR) is 164 cm³/mol. The molecule has 7 N–H and O–H groups in total. The average molecular weight is 638 g/mol. The minimum Gasteiger partial charge on any atom is -0.496 e. The van der Waals surface area contributed by atoms with Gasteiger partial charge in [-0.1, -0.05) is 0 Å². The molecule has 0 spiro atoms. The number of aliphatic hydroxyl groups is 2. The number of ether oxygens (including phenoxy) is 4. The maximum atomic E-state index is 12.9. The normalized spacial score (nSPS) is 26.4. The van der Waals surface area contributed by atoms with E-state index in [1.807, 2.05) is 18.5 Å². The third-order valence-corrected chi connectivity index (χ3v) is 8.67. The van der Waals surface area contributed by atoms with E-state index in [-0.39, 0.29) is 43.6 Å². The number of hydrogen-bond acceptors (Lipinski definition) is 11. The number of aliphatic hydroxyl groups excluding tert-OH is 1. The van der Waals surface area contributed by atoms with Gasteiger partial charge in [-0.2, -0.15) is 9.89 Å². The molecule has 0 fully saturated rings. The van der Waals surface area contributed by atoms with E-state index in [1.54, 1.807) is 33.1 Å².